The molecule has 0 saturated heterocycles. The lowest BCUT2D eigenvalue weighted by Crippen LogP contribution is -2.50. The Morgan fingerprint density at radius 2 is 2.00 bits per heavy atom. The van der Waals surface area contributed by atoms with Crippen LogP contribution < -0.4 is 5.32 Å². The van der Waals surface area contributed by atoms with Crippen LogP contribution in [-0.4, -0.2) is 35.1 Å². The second kappa shape index (κ2) is 3.81. The molecule has 0 unspecified atom stereocenters. The Morgan fingerprint density at radius 3 is 2.31 bits per heavy atom. The van der Waals surface area contributed by atoms with Gasteiger partial charge >= 0.3 is 5.97 Å². The van der Waals surface area contributed by atoms with Crippen LogP contribution in [0, 0.1) is 0 Å². The van der Waals surface area contributed by atoms with Crippen LogP contribution in [0.5, 0.6) is 0 Å². The van der Waals surface area contributed by atoms with Crippen molar-refractivity contribution in [3.63, 3.8) is 0 Å². The Labute approximate surface area is 95.2 Å². The van der Waals surface area contributed by atoms with E-state index in [4.69, 9.17) is 5.11 Å². The van der Waals surface area contributed by atoms with Gasteiger partial charge in [0, 0.05) is 0 Å². The van der Waals surface area contributed by atoms with Crippen molar-refractivity contribution in [1.29, 1.82) is 0 Å². The fourth-order valence-electron chi connectivity index (χ4n) is 1.34. The molecule has 0 atom stereocenters. The predicted molar refractivity (Wildman–Crippen MR) is 61.5 cm³/mol. The predicted octanol–water partition coefficient (Wildman–Crippen LogP) is 1.16. The van der Waals surface area contributed by atoms with Gasteiger partial charge in [0.15, 0.2) is 0 Å². The van der Waals surface area contributed by atoms with E-state index in [0.29, 0.717) is 5.84 Å². The molecular formula is C11H18N2O3. The summed E-state index contributed by atoms with van der Waals surface area (Å²) in [5.41, 5.74) is -0.601. The molecule has 0 bridgehead atoms. The number of esters is 1. The molecule has 90 valence electrons. The van der Waals surface area contributed by atoms with Crippen LogP contribution >= 0.6 is 0 Å². The monoisotopic (exact) mass is 226 g/mol. The first-order valence-electron chi connectivity index (χ1n) is 5.06. The average Bonchev–Trinajstić information content (AvgIpc) is 2.36. The number of carbonyl (C=O) groups is 1. The summed E-state index contributed by atoms with van der Waals surface area (Å²) in [7, 11) is 1.26. The highest BCUT2D eigenvalue weighted by Crippen LogP contribution is 2.31. The molecular weight excluding hydrogens is 208 g/mol. The van der Waals surface area contributed by atoms with Crippen LogP contribution in [0.1, 0.15) is 27.7 Å². The Bertz CT molecular complexity index is 367. The van der Waals surface area contributed by atoms with Crippen molar-refractivity contribution < 1.29 is 14.6 Å². The zero-order valence-corrected chi connectivity index (χ0v) is 10.3. The lowest BCUT2D eigenvalue weighted by atomic mass is 9.85. The van der Waals surface area contributed by atoms with Crippen molar-refractivity contribution >= 4 is 11.8 Å². The molecule has 0 saturated carbocycles. The number of amidine groups is 1. The molecule has 1 heterocycles. The van der Waals surface area contributed by atoms with Gasteiger partial charge in [-0.05, 0) is 27.7 Å². The van der Waals surface area contributed by atoms with Crippen LogP contribution in [0.4, 0.5) is 0 Å². The quantitative estimate of drug-likeness (QED) is 0.421. The summed E-state index contributed by atoms with van der Waals surface area (Å²) in [5, 5.41) is 12.2. The number of hydrogen-bond acceptors (Lipinski definition) is 5. The van der Waals surface area contributed by atoms with Gasteiger partial charge in [-0.2, -0.15) is 0 Å². The first kappa shape index (κ1) is 12.5. The number of ether oxygens (including phenoxy) is 1. The minimum Gasteiger partial charge on any atom is -0.515 e. The minimum atomic E-state index is -0.609. The molecule has 0 radical (unpaired) electrons. The fraction of sp³-hybridized carbons (Fsp3) is 0.636. The molecule has 1 aliphatic rings. The number of aliphatic hydroxyl groups is 1. The van der Waals surface area contributed by atoms with E-state index >= 15 is 0 Å². The van der Waals surface area contributed by atoms with E-state index in [1.165, 1.54) is 7.11 Å². The number of hydrogen-bond donors (Lipinski definition) is 2. The van der Waals surface area contributed by atoms with Gasteiger partial charge in [-0.1, -0.05) is 0 Å². The van der Waals surface area contributed by atoms with Gasteiger partial charge in [0.1, 0.15) is 11.4 Å². The second-order valence-corrected chi connectivity index (χ2v) is 4.80. The molecule has 0 aromatic heterocycles. The molecule has 1 aliphatic heterocycles. The van der Waals surface area contributed by atoms with Crippen LogP contribution in [0.3, 0.4) is 0 Å². The number of methoxy groups -OCH3 is 1. The number of nitrogens with zero attached hydrogens (tertiary/aromatic N) is 1. The van der Waals surface area contributed by atoms with Gasteiger partial charge in [-0.3, -0.25) is 4.99 Å². The van der Waals surface area contributed by atoms with E-state index < -0.39 is 5.97 Å². The van der Waals surface area contributed by atoms with Gasteiger partial charge in [0.2, 0.25) is 0 Å². The summed E-state index contributed by atoms with van der Waals surface area (Å²) in [5.74, 6) is -0.244. The number of aliphatic imine (C=N–C) groups is 1. The zero-order chi connectivity index (χ0) is 12.6. The SMILES string of the molecule is COC(=O)/C(=C\O)C1=NC(C)(C)C(C)(C)N1. The van der Waals surface area contributed by atoms with Crippen molar-refractivity contribution in [2.24, 2.45) is 4.99 Å². The van der Waals surface area contributed by atoms with Crippen molar-refractivity contribution in [2.45, 2.75) is 38.8 Å². The third kappa shape index (κ3) is 1.89. The molecule has 5 heteroatoms. The topological polar surface area (TPSA) is 70.9 Å². The highest BCUT2D eigenvalue weighted by Gasteiger charge is 2.44. The highest BCUT2D eigenvalue weighted by atomic mass is 16.5. The largest absolute Gasteiger partial charge is 0.515 e. The van der Waals surface area contributed by atoms with E-state index in [-0.39, 0.29) is 16.7 Å². The summed E-state index contributed by atoms with van der Waals surface area (Å²) in [6, 6.07) is 0. The van der Waals surface area contributed by atoms with Crippen molar-refractivity contribution in [1.82, 2.24) is 5.32 Å². The van der Waals surface area contributed by atoms with Crippen molar-refractivity contribution in [3.8, 4) is 0 Å². The Kier molecular flexibility index (Phi) is 2.99. The first-order chi connectivity index (χ1) is 7.25. The van der Waals surface area contributed by atoms with Gasteiger partial charge in [0.25, 0.3) is 0 Å². The van der Waals surface area contributed by atoms with E-state index in [2.05, 4.69) is 15.0 Å². The van der Waals surface area contributed by atoms with Crippen LogP contribution in [-0.2, 0) is 9.53 Å². The normalized spacial score (nSPS) is 22.3. The molecule has 0 spiro atoms. The molecule has 0 aromatic carbocycles. The smallest absolute Gasteiger partial charge is 0.344 e. The molecule has 1 rings (SSSR count). The molecule has 2 N–H and O–H groups in total. The van der Waals surface area contributed by atoms with Crippen LogP contribution in [0.15, 0.2) is 16.8 Å². The van der Waals surface area contributed by atoms with Crippen molar-refractivity contribution in [3.05, 3.63) is 11.8 Å². The standard InChI is InChI=1S/C11H18N2O3/c1-10(2)11(3,4)13-8(12-10)7(6-14)9(15)16-5/h6,14H,1-5H3,(H,12,13)/b7-6-. The summed E-state index contributed by atoms with van der Waals surface area (Å²) < 4.78 is 4.56. The van der Waals surface area contributed by atoms with Gasteiger partial charge in [-0.25, -0.2) is 4.79 Å². The zero-order valence-electron chi connectivity index (χ0n) is 10.3. The number of nitrogens with one attached hydrogen (secondary N) is 1. The third-order valence-electron chi connectivity index (χ3n) is 3.14. The molecule has 0 amide bonds. The number of carbonyl (C=O) groups excluding carboxylic acids is 1. The number of aliphatic hydroxyl groups excluding tert-OH is 1. The fourth-order valence-corrected chi connectivity index (χ4v) is 1.34. The van der Waals surface area contributed by atoms with Crippen LogP contribution in [0.2, 0.25) is 0 Å². The summed E-state index contributed by atoms with van der Waals surface area (Å²) >= 11 is 0. The highest BCUT2D eigenvalue weighted by molar-refractivity contribution is 6.19. The number of rotatable bonds is 2. The lowest BCUT2D eigenvalue weighted by molar-refractivity contribution is -0.135. The molecule has 16 heavy (non-hydrogen) atoms. The molecule has 0 aromatic rings. The minimum absolute atomic E-state index is 0.0427. The van der Waals surface area contributed by atoms with Gasteiger partial charge < -0.3 is 15.2 Å². The first-order valence-corrected chi connectivity index (χ1v) is 5.06. The van der Waals surface area contributed by atoms with E-state index in [9.17, 15) is 4.79 Å². The van der Waals surface area contributed by atoms with Crippen LogP contribution in [0.25, 0.3) is 0 Å². The van der Waals surface area contributed by atoms with E-state index in [0.717, 1.165) is 6.26 Å². The Balaban J connectivity index is 3.06. The van der Waals surface area contributed by atoms with Crippen molar-refractivity contribution in [2.75, 3.05) is 7.11 Å². The lowest BCUT2D eigenvalue weighted by Gasteiger charge is -2.32. The maximum atomic E-state index is 11.4. The van der Waals surface area contributed by atoms with E-state index in [1.807, 2.05) is 27.7 Å². The Hall–Kier alpha value is -1.52. The third-order valence-corrected chi connectivity index (χ3v) is 3.14. The summed E-state index contributed by atoms with van der Waals surface area (Å²) in [4.78, 5) is 15.8. The maximum absolute atomic E-state index is 11.4. The average molecular weight is 226 g/mol. The molecule has 0 fully saturated rings. The Morgan fingerprint density at radius 1 is 1.44 bits per heavy atom. The summed E-state index contributed by atoms with van der Waals surface area (Å²) in [6.07, 6.45) is 0.717. The van der Waals surface area contributed by atoms with E-state index in [1.54, 1.807) is 0 Å². The van der Waals surface area contributed by atoms with Gasteiger partial charge in [-0.15, -0.1) is 0 Å². The van der Waals surface area contributed by atoms with Gasteiger partial charge in [0.05, 0.1) is 24.4 Å². The molecule has 0 aliphatic carbocycles. The summed E-state index contributed by atoms with van der Waals surface area (Å²) in [6.45, 7) is 7.88. The maximum Gasteiger partial charge on any atom is 0.344 e. The second-order valence-electron chi connectivity index (χ2n) is 4.80. The molecule has 5 nitrogen and oxygen atoms in total.